The molecule has 10 rings (SSSR count). The molecule has 0 bridgehead atoms. The summed E-state index contributed by atoms with van der Waals surface area (Å²) in [6.45, 7) is 9.08. The van der Waals surface area contributed by atoms with Gasteiger partial charge in [0.25, 0.3) is 0 Å². The van der Waals surface area contributed by atoms with Crippen LogP contribution in [-0.4, -0.2) is 4.40 Å². The highest BCUT2D eigenvalue weighted by atomic mass is 16.3. The SMILES string of the molecule is CC(C)c1ccc2cc3c(cc2c1)c1cc(-c2cccc4c2oc2ccccc24)cc2c4cc5cc(C(C)C)ccc5cc4n3c12. The molecule has 0 spiro atoms. The zero-order chi connectivity index (χ0) is 30.8. The Hall–Kier alpha value is -5.34. The largest absolute Gasteiger partial charge is 0.455 e. The van der Waals surface area contributed by atoms with Gasteiger partial charge in [-0.15, -0.1) is 0 Å². The lowest BCUT2D eigenvalue weighted by molar-refractivity contribution is 0.670. The van der Waals surface area contributed by atoms with E-state index in [4.69, 9.17) is 4.42 Å². The number of benzene rings is 7. The summed E-state index contributed by atoms with van der Waals surface area (Å²) in [5.74, 6) is 0.971. The second kappa shape index (κ2) is 9.11. The van der Waals surface area contributed by atoms with Crippen molar-refractivity contribution >= 4 is 81.6 Å². The van der Waals surface area contributed by atoms with Gasteiger partial charge >= 0.3 is 0 Å². The molecule has 0 aliphatic heterocycles. The number of hydrogen-bond acceptors (Lipinski definition) is 1. The van der Waals surface area contributed by atoms with Crippen molar-refractivity contribution in [2.24, 2.45) is 0 Å². The Labute approximate surface area is 266 Å². The van der Waals surface area contributed by atoms with Crippen LogP contribution in [-0.2, 0) is 0 Å². The molecule has 3 aromatic heterocycles. The van der Waals surface area contributed by atoms with Crippen molar-refractivity contribution in [1.82, 2.24) is 4.40 Å². The number of furan rings is 1. The molecule has 0 atom stereocenters. The maximum absolute atomic E-state index is 6.56. The van der Waals surface area contributed by atoms with Gasteiger partial charge in [0, 0.05) is 37.9 Å². The molecule has 220 valence electrons. The Morgan fingerprint density at radius 2 is 1.07 bits per heavy atom. The van der Waals surface area contributed by atoms with E-state index >= 15 is 0 Å². The molecule has 0 saturated heterocycles. The van der Waals surface area contributed by atoms with Crippen LogP contribution in [0.15, 0.2) is 120 Å². The first-order valence-electron chi connectivity index (χ1n) is 16.5. The van der Waals surface area contributed by atoms with Crippen molar-refractivity contribution in [3.05, 3.63) is 126 Å². The lowest BCUT2D eigenvalue weighted by Gasteiger charge is -2.09. The Bertz CT molecular complexity index is 2730. The summed E-state index contributed by atoms with van der Waals surface area (Å²) in [6.07, 6.45) is 0. The summed E-state index contributed by atoms with van der Waals surface area (Å²) in [7, 11) is 0. The van der Waals surface area contributed by atoms with Gasteiger partial charge in [-0.2, -0.15) is 0 Å². The molecule has 7 aromatic carbocycles. The van der Waals surface area contributed by atoms with E-state index in [1.807, 2.05) is 6.07 Å². The second-order valence-electron chi connectivity index (χ2n) is 13.8. The molecule has 46 heavy (non-hydrogen) atoms. The van der Waals surface area contributed by atoms with Crippen molar-refractivity contribution < 1.29 is 4.42 Å². The molecule has 0 fully saturated rings. The minimum atomic E-state index is 0.485. The average Bonchev–Trinajstić information content (AvgIpc) is 3.71. The first kappa shape index (κ1) is 25.9. The Balaban J connectivity index is 1.37. The summed E-state index contributed by atoms with van der Waals surface area (Å²) in [6, 6.07) is 43.3. The van der Waals surface area contributed by atoms with E-state index in [2.05, 4.69) is 141 Å². The van der Waals surface area contributed by atoms with E-state index < -0.39 is 0 Å². The third-order valence-electron chi connectivity index (χ3n) is 10.4. The van der Waals surface area contributed by atoms with E-state index in [0.29, 0.717) is 11.8 Å². The predicted octanol–water partition coefficient (Wildman–Crippen LogP) is 13.0. The zero-order valence-corrected chi connectivity index (χ0v) is 26.5. The van der Waals surface area contributed by atoms with Crippen LogP contribution in [0.4, 0.5) is 0 Å². The van der Waals surface area contributed by atoms with Crippen LogP contribution in [0.3, 0.4) is 0 Å². The van der Waals surface area contributed by atoms with Crippen molar-refractivity contribution in [3.8, 4) is 11.1 Å². The maximum Gasteiger partial charge on any atom is 0.143 e. The highest BCUT2D eigenvalue weighted by Gasteiger charge is 2.22. The fourth-order valence-electron chi connectivity index (χ4n) is 7.91. The maximum atomic E-state index is 6.56. The molecule has 0 amide bonds. The van der Waals surface area contributed by atoms with Crippen LogP contribution in [0, 0.1) is 0 Å². The molecule has 0 saturated carbocycles. The van der Waals surface area contributed by atoms with Gasteiger partial charge in [0.1, 0.15) is 11.2 Å². The number of nitrogens with zero attached hydrogens (tertiary/aromatic N) is 1. The van der Waals surface area contributed by atoms with Gasteiger partial charge in [0.15, 0.2) is 0 Å². The number of rotatable bonds is 3. The second-order valence-corrected chi connectivity index (χ2v) is 13.8. The quantitative estimate of drug-likeness (QED) is 0.200. The average molecular weight is 592 g/mol. The highest BCUT2D eigenvalue weighted by molar-refractivity contribution is 6.27. The Morgan fingerprint density at radius 3 is 1.67 bits per heavy atom. The number of aromatic nitrogens is 1. The molecular weight excluding hydrogens is 558 g/mol. The first-order valence-corrected chi connectivity index (χ1v) is 16.5. The molecule has 0 N–H and O–H groups in total. The van der Waals surface area contributed by atoms with Crippen molar-refractivity contribution in [3.63, 3.8) is 0 Å². The summed E-state index contributed by atoms with van der Waals surface area (Å²) < 4.78 is 9.08. The van der Waals surface area contributed by atoms with Crippen LogP contribution in [0.25, 0.3) is 92.7 Å². The number of fused-ring (bicyclic) bond motifs is 11. The van der Waals surface area contributed by atoms with Crippen LogP contribution in [0.1, 0.15) is 50.7 Å². The molecule has 0 aliphatic carbocycles. The summed E-state index contributed by atoms with van der Waals surface area (Å²) in [4.78, 5) is 0. The van der Waals surface area contributed by atoms with Crippen LogP contribution < -0.4 is 0 Å². The van der Waals surface area contributed by atoms with Crippen molar-refractivity contribution in [1.29, 1.82) is 0 Å². The summed E-state index contributed by atoms with van der Waals surface area (Å²) >= 11 is 0. The Kier molecular flexibility index (Phi) is 5.14. The van der Waals surface area contributed by atoms with Crippen molar-refractivity contribution in [2.75, 3.05) is 0 Å². The minimum Gasteiger partial charge on any atom is -0.455 e. The zero-order valence-electron chi connectivity index (χ0n) is 26.5. The fourth-order valence-corrected chi connectivity index (χ4v) is 7.91. The lowest BCUT2D eigenvalue weighted by Crippen LogP contribution is -1.88. The molecule has 0 unspecified atom stereocenters. The van der Waals surface area contributed by atoms with Crippen molar-refractivity contribution in [2.45, 2.75) is 39.5 Å². The minimum absolute atomic E-state index is 0.485. The van der Waals surface area contributed by atoms with Gasteiger partial charge in [0.2, 0.25) is 0 Å². The van der Waals surface area contributed by atoms with Gasteiger partial charge in [-0.3, -0.25) is 0 Å². The number of hydrogen-bond donors (Lipinski definition) is 0. The summed E-state index contributed by atoms with van der Waals surface area (Å²) in [5.41, 5.74) is 10.8. The van der Waals surface area contributed by atoms with Gasteiger partial charge in [-0.05, 0) is 92.5 Å². The predicted molar refractivity (Wildman–Crippen MR) is 197 cm³/mol. The summed E-state index contributed by atoms with van der Waals surface area (Å²) in [5, 5.41) is 12.6. The third kappa shape index (κ3) is 3.47. The van der Waals surface area contributed by atoms with Gasteiger partial charge in [0.05, 0.1) is 16.6 Å². The van der Waals surface area contributed by atoms with E-state index in [-0.39, 0.29) is 0 Å². The van der Waals surface area contributed by atoms with Gasteiger partial charge in [-0.1, -0.05) is 100 Å². The smallest absolute Gasteiger partial charge is 0.143 e. The van der Waals surface area contributed by atoms with Crippen LogP contribution in [0.5, 0.6) is 0 Å². The van der Waals surface area contributed by atoms with Gasteiger partial charge < -0.3 is 8.82 Å². The van der Waals surface area contributed by atoms with Crippen LogP contribution >= 0.6 is 0 Å². The molecule has 2 heteroatoms. The fraction of sp³-hybridized carbons (Fsp3) is 0.136. The molecule has 0 aliphatic rings. The van der Waals surface area contributed by atoms with Gasteiger partial charge in [-0.25, -0.2) is 0 Å². The monoisotopic (exact) mass is 591 g/mol. The molecule has 10 aromatic rings. The van der Waals surface area contributed by atoms with E-state index in [9.17, 15) is 0 Å². The normalized spacial score (nSPS) is 12.7. The molecular formula is C44H33NO. The molecule has 3 heterocycles. The number of para-hydroxylation sites is 2. The third-order valence-corrected chi connectivity index (χ3v) is 10.4. The lowest BCUT2D eigenvalue weighted by atomic mass is 9.95. The highest BCUT2D eigenvalue weighted by Crippen LogP contribution is 2.45. The van der Waals surface area contributed by atoms with Crippen LogP contribution in [0.2, 0.25) is 0 Å². The topological polar surface area (TPSA) is 17.6 Å². The van der Waals surface area contributed by atoms with E-state index in [1.165, 1.54) is 76.3 Å². The first-order chi connectivity index (χ1) is 22.4. The molecule has 0 radical (unpaired) electrons. The van der Waals surface area contributed by atoms with E-state index in [1.54, 1.807) is 0 Å². The Morgan fingerprint density at radius 1 is 0.478 bits per heavy atom. The van der Waals surface area contributed by atoms with E-state index in [0.717, 1.165) is 27.5 Å². The standard InChI is InChI=1S/C44H33NO/c1-24(2)26-12-14-28-22-40-36(18-30(28)16-26)38-20-32(33-9-7-10-35-34-8-5-6-11-42(34)46-44(33)35)21-39-37-19-31-17-27(25(3)4)13-15-29(31)23-41(37)45(40)43(38)39/h5-25H,1-4H3. The molecule has 2 nitrogen and oxygen atoms in total.